The van der Waals surface area contributed by atoms with E-state index in [4.69, 9.17) is 5.73 Å². The maximum Gasteiger partial charge on any atom is 0.132 e. The molecule has 0 atom stereocenters. The van der Waals surface area contributed by atoms with Gasteiger partial charge in [0.05, 0.1) is 18.2 Å². The van der Waals surface area contributed by atoms with Crippen molar-refractivity contribution in [1.29, 1.82) is 0 Å². The van der Waals surface area contributed by atoms with Crippen LogP contribution < -0.4 is 5.73 Å². The third-order valence-corrected chi connectivity index (χ3v) is 4.50. The molecular weight excluding hydrogens is 236 g/mol. The number of imidazole rings is 1. The summed E-state index contributed by atoms with van der Waals surface area (Å²) in [5.41, 5.74) is 8.49. The number of aromatic nitrogens is 3. The molecule has 1 fully saturated rings. The number of hydrogen-bond acceptors (Lipinski definition) is 3. The Bertz CT molecular complexity index is 564. The van der Waals surface area contributed by atoms with Crippen molar-refractivity contribution in [3.05, 3.63) is 30.9 Å². The van der Waals surface area contributed by atoms with Crippen molar-refractivity contribution in [3.63, 3.8) is 0 Å². The first kappa shape index (κ1) is 12.2. The Balaban J connectivity index is 1.93. The number of rotatable bonds is 4. The van der Waals surface area contributed by atoms with Crippen LogP contribution in [-0.4, -0.2) is 14.5 Å². The minimum absolute atomic E-state index is 0.465. The third kappa shape index (κ3) is 2.11. The van der Waals surface area contributed by atoms with Gasteiger partial charge in [-0.15, -0.1) is 0 Å². The maximum atomic E-state index is 5.97. The Kier molecular flexibility index (Phi) is 3.01. The van der Waals surface area contributed by atoms with Gasteiger partial charge in [0.2, 0.25) is 0 Å². The van der Waals surface area contributed by atoms with Crippen LogP contribution in [0.4, 0.5) is 5.82 Å². The highest BCUT2D eigenvalue weighted by atomic mass is 15.1. The molecule has 0 spiro atoms. The zero-order chi connectivity index (χ0) is 13.3. The van der Waals surface area contributed by atoms with Crippen molar-refractivity contribution in [2.45, 2.75) is 39.2 Å². The molecule has 2 heterocycles. The Morgan fingerprint density at radius 3 is 2.89 bits per heavy atom. The molecular formula is C15H20N4. The van der Waals surface area contributed by atoms with Gasteiger partial charge in [-0.2, -0.15) is 0 Å². The van der Waals surface area contributed by atoms with Gasteiger partial charge < -0.3 is 10.3 Å². The van der Waals surface area contributed by atoms with Gasteiger partial charge in [-0.1, -0.05) is 13.3 Å². The Hall–Kier alpha value is -1.84. The highest BCUT2D eigenvalue weighted by Crippen LogP contribution is 2.45. The molecule has 4 heteroatoms. The van der Waals surface area contributed by atoms with Gasteiger partial charge in [0.1, 0.15) is 5.82 Å². The van der Waals surface area contributed by atoms with E-state index in [2.05, 4.69) is 21.5 Å². The average molecular weight is 256 g/mol. The first-order valence-corrected chi connectivity index (χ1v) is 6.95. The molecule has 2 aromatic rings. The molecule has 0 unspecified atom stereocenters. The van der Waals surface area contributed by atoms with Gasteiger partial charge in [-0.25, -0.2) is 9.97 Å². The Morgan fingerprint density at radius 2 is 2.26 bits per heavy atom. The van der Waals surface area contributed by atoms with Crippen LogP contribution in [0.25, 0.3) is 11.3 Å². The molecule has 0 aliphatic heterocycles. The molecule has 1 saturated carbocycles. The summed E-state index contributed by atoms with van der Waals surface area (Å²) < 4.78 is 2.23. The number of hydrogen-bond donors (Lipinski definition) is 1. The van der Waals surface area contributed by atoms with Crippen molar-refractivity contribution in [3.8, 4) is 11.3 Å². The summed E-state index contributed by atoms with van der Waals surface area (Å²) in [7, 11) is 0. The molecule has 1 aliphatic rings. The third-order valence-electron chi connectivity index (χ3n) is 4.50. The normalized spacial score (nSPS) is 17.1. The highest BCUT2D eigenvalue weighted by molar-refractivity contribution is 5.70. The van der Waals surface area contributed by atoms with Crippen LogP contribution in [0.1, 0.15) is 32.6 Å². The van der Waals surface area contributed by atoms with E-state index in [0.717, 1.165) is 17.8 Å². The molecule has 3 rings (SSSR count). The van der Waals surface area contributed by atoms with Crippen LogP contribution in [-0.2, 0) is 6.54 Å². The van der Waals surface area contributed by atoms with Gasteiger partial charge in [0.25, 0.3) is 0 Å². The Morgan fingerprint density at radius 1 is 1.42 bits per heavy atom. The molecule has 0 saturated heterocycles. The highest BCUT2D eigenvalue weighted by Gasteiger charge is 2.35. The fourth-order valence-corrected chi connectivity index (χ4v) is 2.97. The molecule has 2 aromatic heterocycles. The van der Waals surface area contributed by atoms with E-state index >= 15 is 0 Å². The van der Waals surface area contributed by atoms with E-state index in [1.54, 1.807) is 6.20 Å². The van der Waals surface area contributed by atoms with Crippen LogP contribution in [0, 0.1) is 5.41 Å². The van der Waals surface area contributed by atoms with Gasteiger partial charge in [0.15, 0.2) is 0 Å². The van der Waals surface area contributed by atoms with E-state index < -0.39 is 0 Å². The quantitative estimate of drug-likeness (QED) is 0.914. The minimum Gasteiger partial charge on any atom is -0.383 e. The first-order valence-electron chi connectivity index (χ1n) is 6.95. The standard InChI is InChI=1S/C15H20N4/c1-2-15(6-4-7-15)10-19-11-17-9-13(19)12-5-3-8-18-14(12)16/h3,5,8-9,11H,2,4,6-7,10H2,1H3,(H2,16,18). The van der Waals surface area contributed by atoms with E-state index in [9.17, 15) is 0 Å². The van der Waals surface area contributed by atoms with Crippen molar-refractivity contribution in [1.82, 2.24) is 14.5 Å². The van der Waals surface area contributed by atoms with Crippen molar-refractivity contribution in [2.75, 3.05) is 5.73 Å². The van der Waals surface area contributed by atoms with Gasteiger partial charge in [-0.05, 0) is 36.8 Å². The van der Waals surface area contributed by atoms with E-state index in [1.807, 2.05) is 24.7 Å². The van der Waals surface area contributed by atoms with Crippen LogP contribution >= 0.6 is 0 Å². The van der Waals surface area contributed by atoms with E-state index in [1.165, 1.54) is 25.7 Å². The molecule has 0 aromatic carbocycles. The van der Waals surface area contributed by atoms with Crippen LogP contribution in [0.2, 0.25) is 0 Å². The second kappa shape index (κ2) is 4.68. The minimum atomic E-state index is 0.465. The van der Waals surface area contributed by atoms with Crippen molar-refractivity contribution in [2.24, 2.45) is 5.41 Å². The lowest BCUT2D eigenvalue weighted by Gasteiger charge is -2.41. The second-order valence-electron chi connectivity index (χ2n) is 5.55. The lowest BCUT2D eigenvalue weighted by atomic mass is 9.67. The first-order chi connectivity index (χ1) is 9.24. The average Bonchev–Trinajstić information content (AvgIpc) is 2.82. The summed E-state index contributed by atoms with van der Waals surface area (Å²) in [4.78, 5) is 8.46. The van der Waals surface area contributed by atoms with Gasteiger partial charge in [-0.3, -0.25) is 0 Å². The van der Waals surface area contributed by atoms with Crippen LogP contribution in [0.3, 0.4) is 0 Å². The zero-order valence-electron chi connectivity index (χ0n) is 11.3. The second-order valence-corrected chi connectivity index (χ2v) is 5.55. The maximum absolute atomic E-state index is 5.97. The SMILES string of the molecule is CCC1(Cn2cncc2-c2cccnc2N)CCC1. The van der Waals surface area contributed by atoms with Crippen molar-refractivity contribution < 1.29 is 0 Å². The summed E-state index contributed by atoms with van der Waals surface area (Å²) >= 11 is 0. The predicted octanol–water partition coefficient (Wildman–Crippen LogP) is 3.11. The largest absolute Gasteiger partial charge is 0.383 e. The summed E-state index contributed by atoms with van der Waals surface area (Å²) in [6.07, 6.45) is 10.7. The Labute approximate surface area is 113 Å². The summed E-state index contributed by atoms with van der Waals surface area (Å²) in [5, 5.41) is 0. The smallest absolute Gasteiger partial charge is 0.132 e. The molecule has 100 valence electrons. The van der Waals surface area contributed by atoms with Gasteiger partial charge >= 0.3 is 0 Å². The number of nitrogens with two attached hydrogens (primary N) is 1. The number of anilines is 1. The fraction of sp³-hybridized carbons (Fsp3) is 0.467. The fourth-order valence-electron chi connectivity index (χ4n) is 2.97. The summed E-state index contributed by atoms with van der Waals surface area (Å²) in [6, 6.07) is 3.93. The molecule has 0 amide bonds. The predicted molar refractivity (Wildman–Crippen MR) is 76.4 cm³/mol. The van der Waals surface area contributed by atoms with E-state index in [0.29, 0.717) is 11.2 Å². The lowest BCUT2D eigenvalue weighted by Crippen LogP contribution is -2.33. The molecule has 2 N–H and O–H groups in total. The van der Waals surface area contributed by atoms with Crippen LogP contribution in [0.15, 0.2) is 30.9 Å². The molecule has 19 heavy (non-hydrogen) atoms. The molecule has 0 bridgehead atoms. The van der Waals surface area contributed by atoms with E-state index in [-0.39, 0.29) is 0 Å². The molecule has 4 nitrogen and oxygen atoms in total. The topological polar surface area (TPSA) is 56.7 Å². The van der Waals surface area contributed by atoms with Crippen molar-refractivity contribution >= 4 is 5.82 Å². The molecule has 0 radical (unpaired) electrons. The number of nitrogen functional groups attached to an aromatic ring is 1. The number of nitrogens with zero attached hydrogens (tertiary/aromatic N) is 3. The van der Waals surface area contributed by atoms with Crippen LogP contribution in [0.5, 0.6) is 0 Å². The number of pyridine rings is 1. The van der Waals surface area contributed by atoms with Gasteiger partial charge in [0, 0.05) is 18.3 Å². The summed E-state index contributed by atoms with van der Waals surface area (Å²) in [5.74, 6) is 0.573. The zero-order valence-corrected chi connectivity index (χ0v) is 11.3. The lowest BCUT2D eigenvalue weighted by molar-refractivity contribution is 0.101. The monoisotopic (exact) mass is 256 g/mol. The summed E-state index contributed by atoms with van der Waals surface area (Å²) in [6.45, 7) is 3.32. The molecule has 1 aliphatic carbocycles.